The number of H-pyrrole nitrogens is 1. The predicted molar refractivity (Wildman–Crippen MR) is 125 cm³/mol. The second-order valence-corrected chi connectivity index (χ2v) is 7.27. The lowest BCUT2D eigenvalue weighted by Crippen LogP contribution is -2.16. The van der Waals surface area contributed by atoms with Gasteiger partial charge in [-0.2, -0.15) is 0 Å². The number of aryl methyl sites for hydroxylation is 2. The lowest BCUT2D eigenvalue weighted by molar-refractivity contribution is 0.395. The predicted octanol–water partition coefficient (Wildman–Crippen LogP) is 3.56. The zero-order valence-electron chi connectivity index (χ0n) is 17.8. The molecule has 0 aliphatic carbocycles. The molecule has 0 spiro atoms. The molecule has 2 rings (SSSR count). The molecule has 0 fully saturated rings. The summed E-state index contributed by atoms with van der Waals surface area (Å²) in [5.74, 6) is 0.691. The average molecular weight is 407 g/mol. The number of hydrogen-bond donors (Lipinski definition) is 1. The molecule has 29 heavy (non-hydrogen) atoms. The minimum atomic E-state index is -0.0221. The van der Waals surface area contributed by atoms with Crippen LogP contribution in [-0.4, -0.2) is 68.2 Å². The molecule has 0 aliphatic rings. The maximum absolute atomic E-state index is 10.9. The van der Waals surface area contributed by atoms with E-state index in [1.165, 1.54) is 16.7 Å². The minimum absolute atomic E-state index is 0. The molecule has 0 unspecified atom stereocenters. The van der Waals surface area contributed by atoms with Gasteiger partial charge in [-0.05, 0) is 77.1 Å². The van der Waals surface area contributed by atoms with Gasteiger partial charge in [0.2, 0.25) is 11.4 Å². The summed E-state index contributed by atoms with van der Waals surface area (Å²) in [6.45, 7) is 6.12. The summed E-state index contributed by atoms with van der Waals surface area (Å²) in [7, 11) is 9.88. The van der Waals surface area contributed by atoms with Crippen molar-refractivity contribution in [2.75, 3.05) is 48.4 Å². The van der Waals surface area contributed by atoms with Gasteiger partial charge in [0.15, 0.2) is 0 Å². The van der Waals surface area contributed by atoms with Crippen LogP contribution in [0.15, 0.2) is 29.3 Å². The topological polar surface area (TPSA) is 61.5 Å². The van der Waals surface area contributed by atoms with Gasteiger partial charge < -0.3 is 19.5 Å². The van der Waals surface area contributed by atoms with Crippen LogP contribution >= 0.6 is 0 Å². The van der Waals surface area contributed by atoms with Crippen molar-refractivity contribution in [1.82, 2.24) is 19.8 Å². The summed E-state index contributed by atoms with van der Waals surface area (Å²) < 4.78 is 5.05. The van der Waals surface area contributed by atoms with Gasteiger partial charge in [-0.15, -0.1) is 0 Å². The van der Waals surface area contributed by atoms with Crippen LogP contribution in [0.1, 0.15) is 37.1 Å². The zero-order valence-corrected chi connectivity index (χ0v) is 17.8. The van der Waals surface area contributed by atoms with Gasteiger partial charge in [-0.25, -0.2) is 4.98 Å². The highest BCUT2D eigenvalue weighted by Crippen LogP contribution is 2.13. The molecule has 0 amide bonds. The Morgan fingerprint density at radius 1 is 0.931 bits per heavy atom. The average Bonchev–Trinajstić information content (AvgIpc) is 2.60. The number of ether oxygens (including phenoxy) is 1. The van der Waals surface area contributed by atoms with E-state index >= 15 is 0 Å². The van der Waals surface area contributed by atoms with Gasteiger partial charge in [0.05, 0.1) is 7.11 Å². The first-order chi connectivity index (χ1) is 12.7. The Labute approximate surface area is 177 Å². The molecule has 0 bridgehead atoms. The van der Waals surface area contributed by atoms with Gasteiger partial charge in [0.25, 0.3) is 0 Å². The Kier molecular flexibility index (Phi) is 14.8. The molecule has 0 saturated carbocycles. The first kappa shape index (κ1) is 29.0. The molecule has 0 aliphatic heterocycles. The molecule has 1 N–H and O–H groups in total. The number of rotatable bonds is 7. The van der Waals surface area contributed by atoms with Crippen molar-refractivity contribution in [3.05, 3.63) is 57.1 Å². The fourth-order valence-electron chi connectivity index (χ4n) is 2.49. The highest BCUT2D eigenvalue weighted by molar-refractivity contribution is 5.28. The van der Waals surface area contributed by atoms with Crippen molar-refractivity contribution < 1.29 is 4.74 Å². The number of aromatic nitrogens is 2. The highest BCUT2D eigenvalue weighted by atomic mass is 16.5. The number of hydrogen-bond acceptors (Lipinski definition) is 5. The lowest BCUT2D eigenvalue weighted by Gasteiger charge is -2.11. The molecule has 0 radical (unpaired) electrons. The standard InChI is InChI=1S/C11H18N2O.C10H16N2O.2CH4/c1-9-7-11(14-4)12-8-10(9)5-6-13(2)3;1-8-6-10(13)11-7-9(8)4-5-12(2)3;;/h7-8H,5-6H2,1-4H3;6-7H,4-5H2,1-3H3,(H,11,13);2*1H4. The number of nitrogens with one attached hydrogen (secondary N) is 1. The number of methoxy groups -OCH3 is 1. The Bertz CT molecular complexity index is 755. The van der Waals surface area contributed by atoms with Gasteiger partial charge in [0.1, 0.15) is 0 Å². The molecule has 0 atom stereocenters. The zero-order chi connectivity index (χ0) is 20.4. The van der Waals surface area contributed by atoms with Crippen molar-refractivity contribution in [2.45, 2.75) is 41.5 Å². The van der Waals surface area contributed by atoms with E-state index in [0.717, 1.165) is 31.5 Å². The summed E-state index contributed by atoms with van der Waals surface area (Å²) in [5, 5.41) is 0. The van der Waals surface area contributed by atoms with Gasteiger partial charge >= 0.3 is 0 Å². The first-order valence-electron chi connectivity index (χ1n) is 9.20. The molecule has 2 aromatic heterocycles. The van der Waals surface area contributed by atoms with E-state index in [1.54, 1.807) is 19.4 Å². The summed E-state index contributed by atoms with van der Waals surface area (Å²) in [6.07, 6.45) is 5.73. The molecular weight excluding hydrogens is 364 g/mol. The molecule has 6 nitrogen and oxygen atoms in total. The Balaban J connectivity index is 0. The Morgan fingerprint density at radius 3 is 1.90 bits per heavy atom. The minimum Gasteiger partial charge on any atom is -0.481 e. The van der Waals surface area contributed by atoms with Crippen LogP contribution in [0.2, 0.25) is 0 Å². The van der Waals surface area contributed by atoms with Crippen LogP contribution in [0, 0.1) is 13.8 Å². The van der Waals surface area contributed by atoms with Crippen molar-refractivity contribution >= 4 is 0 Å². The second kappa shape index (κ2) is 14.8. The Hall–Kier alpha value is -2.18. The molecule has 166 valence electrons. The van der Waals surface area contributed by atoms with Gasteiger partial charge in [0, 0.05) is 37.6 Å². The molecule has 0 saturated heterocycles. The van der Waals surface area contributed by atoms with E-state index in [-0.39, 0.29) is 20.4 Å². The van der Waals surface area contributed by atoms with Crippen LogP contribution < -0.4 is 10.3 Å². The van der Waals surface area contributed by atoms with Crippen molar-refractivity contribution in [1.29, 1.82) is 0 Å². The van der Waals surface area contributed by atoms with Crippen LogP contribution in [0.3, 0.4) is 0 Å². The highest BCUT2D eigenvalue weighted by Gasteiger charge is 2.02. The number of likely N-dealkylation sites (N-methyl/N-ethyl adjacent to an activating group) is 2. The molecule has 2 heterocycles. The maximum Gasteiger partial charge on any atom is 0.248 e. The van der Waals surface area contributed by atoms with E-state index in [1.807, 2.05) is 33.3 Å². The van der Waals surface area contributed by atoms with Crippen LogP contribution in [-0.2, 0) is 12.8 Å². The molecular formula is C23H42N4O2. The smallest absolute Gasteiger partial charge is 0.248 e. The van der Waals surface area contributed by atoms with Crippen LogP contribution in [0.4, 0.5) is 0 Å². The summed E-state index contributed by atoms with van der Waals surface area (Å²) >= 11 is 0. The fraction of sp³-hybridized carbons (Fsp3) is 0.565. The SMILES string of the molecule is C.C.COc1cc(C)c(CCN(C)C)cn1.Cc1cc(=O)[nH]cc1CCN(C)C. The van der Waals surface area contributed by atoms with Crippen molar-refractivity contribution in [2.24, 2.45) is 0 Å². The van der Waals surface area contributed by atoms with Crippen LogP contribution in [0.5, 0.6) is 5.88 Å². The van der Waals surface area contributed by atoms with Gasteiger partial charge in [-0.1, -0.05) is 14.9 Å². The largest absolute Gasteiger partial charge is 0.481 e. The van der Waals surface area contributed by atoms with Crippen molar-refractivity contribution in [3.63, 3.8) is 0 Å². The Morgan fingerprint density at radius 2 is 1.45 bits per heavy atom. The summed E-state index contributed by atoms with van der Waals surface area (Å²) in [4.78, 5) is 22.1. The molecule has 6 heteroatoms. The van der Waals surface area contributed by atoms with E-state index in [4.69, 9.17) is 4.74 Å². The number of pyridine rings is 2. The first-order valence-corrected chi connectivity index (χ1v) is 9.20. The van der Waals surface area contributed by atoms with E-state index in [2.05, 4.69) is 40.8 Å². The normalized spacial score (nSPS) is 9.97. The van der Waals surface area contributed by atoms with E-state index in [0.29, 0.717) is 5.88 Å². The van der Waals surface area contributed by atoms with Crippen molar-refractivity contribution in [3.8, 4) is 5.88 Å². The maximum atomic E-state index is 10.9. The second-order valence-electron chi connectivity index (χ2n) is 7.27. The summed E-state index contributed by atoms with van der Waals surface area (Å²) in [6, 6.07) is 3.62. The third-order valence-electron chi connectivity index (χ3n) is 4.30. The number of nitrogens with zero attached hydrogens (tertiary/aromatic N) is 3. The van der Waals surface area contributed by atoms with E-state index in [9.17, 15) is 4.79 Å². The third-order valence-corrected chi connectivity index (χ3v) is 4.30. The van der Waals surface area contributed by atoms with E-state index < -0.39 is 0 Å². The van der Waals surface area contributed by atoms with Gasteiger partial charge in [-0.3, -0.25) is 4.79 Å². The number of aromatic amines is 1. The molecule has 2 aromatic rings. The third kappa shape index (κ3) is 11.4. The lowest BCUT2D eigenvalue weighted by atomic mass is 10.1. The summed E-state index contributed by atoms with van der Waals surface area (Å²) in [5.41, 5.74) is 4.81. The molecule has 0 aromatic carbocycles. The van der Waals surface area contributed by atoms with Crippen LogP contribution in [0.25, 0.3) is 0 Å². The monoisotopic (exact) mass is 406 g/mol. The quantitative estimate of drug-likeness (QED) is 0.762. The fourth-order valence-corrected chi connectivity index (χ4v) is 2.49.